The van der Waals surface area contributed by atoms with E-state index in [9.17, 15) is 5.11 Å². The zero-order valence-electron chi connectivity index (χ0n) is 11.0. The molecule has 0 aliphatic heterocycles. The Bertz CT molecular complexity index is 738. The highest BCUT2D eigenvalue weighted by Gasteiger charge is 2.18. The highest BCUT2D eigenvalue weighted by Crippen LogP contribution is 2.31. The molecule has 0 bridgehead atoms. The lowest BCUT2D eigenvalue weighted by atomic mass is 10.0. The molecule has 100 valence electrons. The van der Waals surface area contributed by atoms with Gasteiger partial charge in [0.15, 0.2) is 0 Å². The Kier molecular flexibility index (Phi) is 3.31. The molecule has 2 aromatic heterocycles. The second-order valence-electron chi connectivity index (χ2n) is 4.41. The smallest absolute Gasteiger partial charge is 0.143 e. The first kappa shape index (κ1) is 12.6. The molecule has 1 atom stereocenters. The lowest BCUT2D eigenvalue weighted by molar-refractivity contribution is 0.210. The average molecular weight is 266 g/mol. The summed E-state index contributed by atoms with van der Waals surface area (Å²) in [6.07, 6.45) is 2.49. The topological polar surface area (TPSA) is 55.2 Å². The van der Waals surface area contributed by atoms with E-state index in [0.717, 1.165) is 16.5 Å². The summed E-state index contributed by atoms with van der Waals surface area (Å²) in [5.74, 6) is 0.570. The number of fused-ring (bicyclic) bond motifs is 1. The molecule has 20 heavy (non-hydrogen) atoms. The van der Waals surface area contributed by atoms with Crippen molar-refractivity contribution in [2.24, 2.45) is 0 Å². The maximum atomic E-state index is 10.6. The number of hydrogen-bond donors (Lipinski definition) is 1. The van der Waals surface area contributed by atoms with Gasteiger partial charge in [-0.05, 0) is 29.8 Å². The van der Waals surface area contributed by atoms with Gasteiger partial charge in [0, 0.05) is 17.8 Å². The monoisotopic (exact) mass is 266 g/mol. The Balaban J connectivity index is 2.15. The fourth-order valence-electron chi connectivity index (χ4n) is 2.28. The summed E-state index contributed by atoms with van der Waals surface area (Å²) >= 11 is 0. The molecular weight excluding hydrogens is 252 g/mol. The van der Waals surface area contributed by atoms with Crippen molar-refractivity contribution < 1.29 is 9.84 Å². The molecule has 1 N–H and O–H groups in total. The van der Waals surface area contributed by atoms with Crippen molar-refractivity contribution in [2.45, 2.75) is 6.10 Å². The lowest BCUT2D eigenvalue weighted by Gasteiger charge is -2.15. The largest absolute Gasteiger partial charge is 0.495 e. The van der Waals surface area contributed by atoms with Crippen LogP contribution in [0.2, 0.25) is 0 Å². The summed E-state index contributed by atoms with van der Waals surface area (Å²) in [5.41, 5.74) is 2.12. The minimum atomic E-state index is -0.848. The van der Waals surface area contributed by atoms with E-state index in [1.165, 1.54) is 0 Å². The molecule has 0 amide bonds. The number of nitrogens with zero attached hydrogens (tertiary/aromatic N) is 2. The Morgan fingerprint density at radius 3 is 2.70 bits per heavy atom. The van der Waals surface area contributed by atoms with Gasteiger partial charge in [0.25, 0.3) is 0 Å². The Labute approximate surface area is 116 Å². The van der Waals surface area contributed by atoms with Crippen LogP contribution >= 0.6 is 0 Å². The van der Waals surface area contributed by atoms with Crippen LogP contribution in [-0.2, 0) is 0 Å². The number of para-hydroxylation sites is 1. The standard InChI is InChI=1S/C16H14N2O2/c1-20-14-7-4-9-18-15(14)16(19)12-8-10-17-13-6-3-2-5-11(12)13/h2-10,16,19H,1H3. The van der Waals surface area contributed by atoms with Gasteiger partial charge in [-0.15, -0.1) is 0 Å². The van der Waals surface area contributed by atoms with Crippen LogP contribution in [0, 0.1) is 0 Å². The predicted molar refractivity (Wildman–Crippen MR) is 76.6 cm³/mol. The molecule has 3 aromatic rings. The van der Waals surface area contributed by atoms with Crippen molar-refractivity contribution in [1.29, 1.82) is 0 Å². The highest BCUT2D eigenvalue weighted by atomic mass is 16.5. The van der Waals surface area contributed by atoms with Gasteiger partial charge >= 0.3 is 0 Å². The maximum absolute atomic E-state index is 10.6. The quantitative estimate of drug-likeness (QED) is 0.792. The molecule has 1 unspecified atom stereocenters. The van der Waals surface area contributed by atoms with Crippen molar-refractivity contribution in [3.8, 4) is 5.75 Å². The van der Waals surface area contributed by atoms with Crippen LogP contribution in [0.1, 0.15) is 17.4 Å². The number of aliphatic hydroxyl groups is 1. The van der Waals surface area contributed by atoms with E-state index in [0.29, 0.717) is 11.4 Å². The van der Waals surface area contributed by atoms with Gasteiger partial charge in [0.2, 0.25) is 0 Å². The van der Waals surface area contributed by atoms with Gasteiger partial charge in [-0.25, -0.2) is 0 Å². The van der Waals surface area contributed by atoms with E-state index >= 15 is 0 Å². The van der Waals surface area contributed by atoms with Crippen LogP contribution in [-0.4, -0.2) is 22.2 Å². The second-order valence-corrected chi connectivity index (χ2v) is 4.41. The summed E-state index contributed by atoms with van der Waals surface area (Å²) in [6, 6.07) is 13.1. The van der Waals surface area contributed by atoms with Crippen LogP contribution in [0.25, 0.3) is 10.9 Å². The van der Waals surface area contributed by atoms with E-state index in [1.54, 1.807) is 37.7 Å². The van der Waals surface area contributed by atoms with Crippen LogP contribution < -0.4 is 4.74 Å². The molecule has 0 aliphatic rings. The van der Waals surface area contributed by atoms with E-state index in [-0.39, 0.29) is 0 Å². The van der Waals surface area contributed by atoms with Gasteiger partial charge in [-0.1, -0.05) is 18.2 Å². The molecule has 2 heterocycles. The Morgan fingerprint density at radius 2 is 1.85 bits per heavy atom. The normalized spacial score (nSPS) is 12.3. The molecule has 0 spiro atoms. The average Bonchev–Trinajstić information content (AvgIpc) is 2.53. The number of rotatable bonds is 3. The van der Waals surface area contributed by atoms with Crippen molar-refractivity contribution in [3.05, 3.63) is 66.1 Å². The first-order chi connectivity index (χ1) is 9.81. The highest BCUT2D eigenvalue weighted by molar-refractivity contribution is 5.82. The molecular formula is C16H14N2O2. The van der Waals surface area contributed by atoms with Gasteiger partial charge in [-0.2, -0.15) is 0 Å². The third kappa shape index (κ3) is 2.10. The number of pyridine rings is 2. The molecule has 0 fully saturated rings. The van der Waals surface area contributed by atoms with Crippen LogP contribution in [0.15, 0.2) is 54.9 Å². The minimum absolute atomic E-state index is 0.506. The van der Waals surface area contributed by atoms with Gasteiger partial charge in [0.05, 0.1) is 12.6 Å². The molecule has 0 radical (unpaired) electrons. The number of methoxy groups -OCH3 is 1. The molecule has 1 aromatic carbocycles. The molecule has 3 rings (SSSR count). The zero-order valence-corrected chi connectivity index (χ0v) is 11.0. The number of ether oxygens (including phenoxy) is 1. The Hall–Kier alpha value is -2.46. The summed E-state index contributed by atoms with van der Waals surface area (Å²) in [4.78, 5) is 8.53. The number of hydrogen-bond acceptors (Lipinski definition) is 4. The third-order valence-corrected chi connectivity index (χ3v) is 3.26. The van der Waals surface area contributed by atoms with E-state index in [4.69, 9.17) is 4.74 Å². The Morgan fingerprint density at radius 1 is 1.00 bits per heavy atom. The minimum Gasteiger partial charge on any atom is -0.495 e. The van der Waals surface area contributed by atoms with Crippen LogP contribution in [0.3, 0.4) is 0 Å². The van der Waals surface area contributed by atoms with Crippen molar-refractivity contribution in [2.75, 3.05) is 7.11 Å². The zero-order chi connectivity index (χ0) is 13.9. The summed E-state index contributed by atoms with van der Waals surface area (Å²) in [7, 11) is 1.57. The predicted octanol–water partition coefficient (Wildman–Crippen LogP) is 2.72. The fourth-order valence-corrected chi connectivity index (χ4v) is 2.28. The van der Waals surface area contributed by atoms with E-state index < -0.39 is 6.10 Å². The van der Waals surface area contributed by atoms with Crippen molar-refractivity contribution >= 4 is 10.9 Å². The van der Waals surface area contributed by atoms with E-state index in [1.807, 2.05) is 24.3 Å². The summed E-state index contributed by atoms with van der Waals surface area (Å²) < 4.78 is 5.26. The lowest BCUT2D eigenvalue weighted by Crippen LogP contribution is -2.05. The van der Waals surface area contributed by atoms with Crippen LogP contribution in [0.4, 0.5) is 0 Å². The third-order valence-electron chi connectivity index (χ3n) is 3.26. The van der Waals surface area contributed by atoms with Gasteiger partial charge in [-0.3, -0.25) is 9.97 Å². The summed E-state index contributed by atoms with van der Waals surface area (Å²) in [5, 5.41) is 11.5. The number of aromatic nitrogens is 2. The molecule has 0 aliphatic carbocycles. The van der Waals surface area contributed by atoms with Gasteiger partial charge < -0.3 is 9.84 Å². The molecule has 4 heteroatoms. The second kappa shape index (κ2) is 5.27. The number of aliphatic hydroxyl groups excluding tert-OH is 1. The maximum Gasteiger partial charge on any atom is 0.143 e. The molecule has 4 nitrogen and oxygen atoms in total. The fraction of sp³-hybridized carbons (Fsp3) is 0.125. The van der Waals surface area contributed by atoms with Gasteiger partial charge in [0.1, 0.15) is 17.5 Å². The van der Waals surface area contributed by atoms with Crippen LogP contribution in [0.5, 0.6) is 5.75 Å². The first-order valence-electron chi connectivity index (χ1n) is 6.32. The van der Waals surface area contributed by atoms with E-state index in [2.05, 4.69) is 9.97 Å². The van der Waals surface area contributed by atoms with Crippen molar-refractivity contribution in [1.82, 2.24) is 9.97 Å². The van der Waals surface area contributed by atoms with Crippen molar-refractivity contribution in [3.63, 3.8) is 0 Å². The summed E-state index contributed by atoms with van der Waals surface area (Å²) in [6.45, 7) is 0. The first-order valence-corrected chi connectivity index (χ1v) is 6.32. The molecule has 0 saturated heterocycles. The molecule has 0 saturated carbocycles. The SMILES string of the molecule is COc1cccnc1C(O)c1ccnc2ccccc12. The number of benzene rings is 1.